The van der Waals surface area contributed by atoms with E-state index >= 15 is 0 Å². The molecule has 1 aromatic rings. The molecule has 1 heterocycles. The molecule has 1 aromatic heterocycles. The van der Waals surface area contributed by atoms with E-state index in [-0.39, 0.29) is 18.0 Å². The van der Waals surface area contributed by atoms with Gasteiger partial charge in [-0.05, 0) is 18.8 Å². The molecule has 8 heteroatoms. The summed E-state index contributed by atoms with van der Waals surface area (Å²) in [4.78, 5) is 11.6. The van der Waals surface area contributed by atoms with Gasteiger partial charge in [0, 0.05) is 12.7 Å². The van der Waals surface area contributed by atoms with Crippen molar-refractivity contribution in [3.8, 4) is 0 Å². The lowest BCUT2D eigenvalue weighted by Gasteiger charge is -2.09. The molecule has 1 amide bonds. The van der Waals surface area contributed by atoms with Gasteiger partial charge in [-0.15, -0.1) is 0 Å². The van der Waals surface area contributed by atoms with Gasteiger partial charge in [0.2, 0.25) is 0 Å². The molecule has 19 heavy (non-hydrogen) atoms. The summed E-state index contributed by atoms with van der Waals surface area (Å²) in [7, 11) is 0. The molecule has 106 valence electrons. The third-order valence-electron chi connectivity index (χ3n) is 2.87. The Balaban J connectivity index is 1.85. The summed E-state index contributed by atoms with van der Waals surface area (Å²) in [6.45, 7) is -1.13. The SMILES string of the molecule is O=C(NC[C@H](O)C1CC1)c1cnn(CC(F)(F)F)c1. The molecule has 0 spiro atoms. The van der Waals surface area contributed by atoms with Gasteiger partial charge in [-0.3, -0.25) is 9.48 Å². The number of amides is 1. The molecule has 0 radical (unpaired) electrons. The first-order valence-electron chi connectivity index (χ1n) is 5.90. The monoisotopic (exact) mass is 277 g/mol. The van der Waals surface area contributed by atoms with Gasteiger partial charge in [-0.25, -0.2) is 0 Å². The maximum absolute atomic E-state index is 12.1. The maximum atomic E-state index is 12.1. The predicted molar refractivity (Wildman–Crippen MR) is 59.3 cm³/mol. The molecule has 1 aliphatic carbocycles. The Hall–Kier alpha value is -1.57. The van der Waals surface area contributed by atoms with Crippen molar-refractivity contribution in [1.29, 1.82) is 0 Å². The molecule has 0 saturated heterocycles. The smallest absolute Gasteiger partial charge is 0.391 e. The number of aliphatic hydroxyl groups is 1. The van der Waals surface area contributed by atoms with Crippen molar-refractivity contribution < 1.29 is 23.1 Å². The Morgan fingerprint density at radius 3 is 2.84 bits per heavy atom. The number of aliphatic hydroxyl groups excluding tert-OH is 1. The molecule has 1 saturated carbocycles. The number of nitrogens with one attached hydrogen (secondary N) is 1. The van der Waals surface area contributed by atoms with Crippen LogP contribution in [0.2, 0.25) is 0 Å². The fourth-order valence-corrected chi connectivity index (χ4v) is 1.70. The summed E-state index contributed by atoms with van der Waals surface area (Å²) < 4.78 is 37.0. The fraction of sp³-hybridized carbons (Fsp3) is 0.636. The number of carbonyl (C=O) groups is 1. The Morgan fingerprint density at radius 2 is 2.26 bits per heavy atom. The van der Waals surface area contributed by atoms with Crippen molar-refractivity contribution in [2.45, 2.75) is 31.7 Å². The van der Waals surface area contributed by atoms with Crippen LogP contribution in [0.1, 0.15) is 23.2 Å². The second-order valence-corrected chi connectivity index (χ2v) is 4.66. The van der Waals surface area contributed by atoms with Crippen molar-refractivity contribution in [1.82, 2.24) is 15.1 Å². The Morgan fingerprint density at radius 1 is 1.58 bits per heavy atom. The first-order valence-corrected chi connectivity index (χ1v) is 5.90. The van der Waals surface area contributed by atoms with Crippen molar-refractivity contribution >= 4 is 5.91 Å². The number of nitrogens with zero attached hydrogens (tertiary/aromatic N) is 2. The molecule has 0 aromatic carbocycles. The molecule has 1 aliphatic rings. The highest BCUT2D eigenvalue weighted by Crippen LogP contribution is 2.32. The van der Waals surface area contributed by atoms with E-state index in [2.05, 4.69) is 10.4 Å². The zero-order chi connectivity index (χ0) is 14.0. The van der Waals surface area contributed by atoms with Gasteiger partial charge in [-0.2, -0.15) is 18.3 Å². The van der Waals surface area contributed by atoms with Crippen LogP contribution in [0.4, 0.5) is 13.2 Å². The van der Waals surface area contributed by atoms with Crippen molar-refractivity contribution in [3.63, 3.8) is 0 Å². The van der Waals surface area contributed by atoms with Crippen LogP contribution < -0.4 is 5.32 Å². The number of hydrogen-bond acceptors (Lipinski definition) is 3. The lowest BCUT2D eigenvalue weighted by Crippen LogP contribution is -2.33. The molecule has 0 unspecified atom stereocenters. The molecular formula is C11H14F3N3O2. The third-order valence-corrected chi connectivity index (χ3v) is 2.87. The van der Waals surface area contributed by atoms with Crippen LogP contribution in [0.3, 0.4) is 0 Å². The van der Waals surface area contributed by atoms with E-state index in [1.165, 1.54) is 0 Å². The maximum Gasteiger partial charge on any atom is 0.408 e. The highest BCUT2D eigenvalue weighted by molar-refractivity contribution is 5.93. The molecule has 1 atom stereocenters. The highest BCUT2D eigenvalue weighted by Gasteiger charge is 2.30. The molecule has 1 fully saturated rings. The second-order valence-electron chi connectivity index (χ2n) is 4.66. The minimum atomic E-state index is -4.37. The van der Waals surface area contributed by atoms with Crippen molar-refractivity contribution in [2.75, 3.05) is 6.54 Å². The van der Waals surface area contributed by atoms with Crippen LogP contribution in [0.5, 0.6) is 0 Å². The standard InChI is InChI=1S/C11H14F3N3O2/c12-11(13,14)6-17-5-8(3-16-17)10(19)15-4-9(18)7-1-2-7/h3,5,7,9,18H,1-2,4,6H2,(H,15,19)/t9-/m0/s1. The normalized spacial score (nSPS) is 17.3. The van der Waals surface area contributed by atoms with E-state index in [0.29, 0.717) is 4.68 Å². The highest BCUT2D eigenvalue weighted by atomic mass is 19.4. The Bertz CT molecular complexity index is 454. The van der Waals surface area contributed by atoms with Crippen LogP contribution in [0, 0.1) is 5.92 Å². The van der Waals surface area contributed by atoms with Crippen LogP contribution in [0.25, 0.3) is 0 Å². The number of rotatable bonds is 5. The van der Waals surface area contributed by atoms with E-state index in [0.717, 1.165) is 25.2 Å². The van der Waals surface area contributed by atoms with Crippen LogP contribution >= 0.6 is 0 Å². The average Bonchev–Trinajstić information content (AvgIpc) is 3.05. The molecule has 2 rings (SSSR count). The molecule has 0 aliphatic heterocycles. The fourth-order valence-electron chi connectivity index (χ4n) is 1.70. The predicted octanol–water partition coefficient (Wildman–Crippen LogP) is 0.946. The van der Waals surface area contributed by atoms with Gasteiger partial charge in [0.05, 0.1) is 17.9 Å². The quantitative estimate of drug-likeness (QED) is 0.842. The van der Waals surface area contributed by atoms with E-state index in [4.69, 9.17) is 0 Å². The van der Waals surface area contributed by atoms with Crippen molar-refractivity contribution in [2.24, 2.45) is 5.92 Å². The molecule has 2 N–H and O–H groups in total. The van der Waals surface area contributed by atoms with Crippen LogP contribution in [0.15, 0.2) is 12.4 Å². The summed E-state index contributed by atoms with van der Waals surface area (Å²) in [5, 5.41) is 15.5. The summed E-state index contributed by atoms with van der Waals surface area (Å²) in [6.07, 6.45) is -0.964. The summed E-state index contributed by atoms with van der Waals surface area (Å²) in [5.74, 6) is -0.304. The number of alkyl halides is 3. The molecule has 5 nitrogen and oxygen atoms in total. The largest absolute Gasteiger partial charge is 0.408 e. The summed E-state index contributed by atoms with van der Waals surface area (Å²) in [5.41, 5.74) is 0.0484. The second kappa shape index (κ2) is 5.20. The summed E-state index contributed by atoms with van der Waals surface area (Å²) >= 11 is 0. The molecule has 0 bridgehead atoms. The minimum Gasteiger partial charge on any atom is -0.391 e. The number of hydrogen-bond donors (Lipinski definition) is 2. The van der Waals surface area contributed by atoms with Gasteiger partial charge >= 0.3 is 6.18 Å². The first kappa shape index (κ1) is 13.9. The zero-order valence-electron chi connectivity index (χ0n) is 10.0. The minimum absolute atomic E-state index is 0.0484. The van der Waals surface area contributed by atoms with Crippen molar-refractivity contribution in [3.05, 3.63) is 18.0 Å². The Kier molecular flexibility index (Phi) is 3.79. The van der Waals surface area contributed by atoms with E-state index in [1.807, 2.05) is 0 Å². The van der Waals surface area contributed by atoms with Gasteiger partial charge < -0.3 is 10.4 Å². The average molecular weight is 277 g/mol. The van der Waals surface area contributed by atoms with Crippen LogP contribution in [-0.2, 0) is 6.54 Å². The number of carbonyl (C=O) groups excluding carboxylic acids is 1. The Labute approximate surface area is 107 Å². The van der Waals surface area contributed by atoms with Gasteiger partial charge in [0.15, 0.2) is 0 Å². The van der Waals surface area contributed by atoms with Crippen LogP contribution in [-0.4, -0.2) is 39.6 Å². The number of aromatic nitrogens is 2. The van der Waals surface area contributed by atoms with Gasteiger partial charge in [0.25, 0.3) is 5.91 Å². The van der Waals surface area contributed by atoms with E-state index in [1.54, 1.807) is 0 Å². The molecular weight excluding hydrogens is 263 g/mol. The summed E-state index contributed by atoms with van der Waals surface area (Å²) in [6, 6.07) is 0. The first-order chi connectivity index (χ1) is 8.85. The van der Waals surface area contributed by atoms with E-state index < -0.39 is 24.7 Å². The topological polar surface area (TPSA) is 67.2 Å². The lowest BCUT2D eigenvalue weighted by atomic mass is 10.2. The number of halogens is 3. The third kappa shape index (κ3) is 4.23. The van der Waals surface area contributed by atoms with Gasteiger partial charge in [-0.1, -0.05) is 0 Å². The lowest BCUT2D eigenvalue weighted by molar-refractivity contribution is -0.142. The van der Waals surface area contributed by atoms with E-state index in [9.17, 15) is 23.1 Å². The zero-order valence-corrected chi connectivity index (χ0v) is 10.0. The van der Waals surface area contributed by atoms with Gasteiger partial charge in [0.1, 0.15) is 6.54 Å².